The monoisotopic (exact) mass is 377 g/mol. The molecule has 0 saturated carbocycles. The van der Waals surface area contributed by atoms with E-state index in [4.69, 9.17) is 32.4 Å². The fourth-order valence-corrected chi connectivity index (χ4v) is 2.57. The molecule has 1 unspecified atom stereocenters. The van der Waals surface area contributed by atoms with Crippen molar-refractivity contribution in [1.82, 2.24) is 4.98 Å². The van der Waals surface area contributed by atoms with E-state index in [-0.39, 0.29) is 11.8 Å². The zero-order valence-corrected chi connectivity index (χ0v) is 14.4. The van der Waals surface area contributed by atoms with Gasteiger partial charge in [-0.05, 0) is 18.2 Å². The summed E-state index contributed by atoms with van der Waals surface area (Å²) < 4.78 is 11.2. The number of rotatable bonds is 6. The largest absolute Gasteiger partial charge is 0.478 e. The fraction of sp³-hybridized carbons (Fsp3) is 0.111. The third-order valence-electron chi connectivity index (χ3n) is 3.43. The summed E-state index contributed by atoms with van der Waals surface area (Å²) in [6.45, 7) is 0. The second kappa shape index (κ2) is 7.59. The van der Waals surface area contributed by atoms with Crippen LogP contribution in [0.25, 0.3) is 11.5 Å². The predicted octanol–water partition coefficient (Wildman–Crippen LogP) is 4.94. The summed E-state index contributed by atoms with van der Waals surface area (Å²) in [6, 6.07) is 13.5. The quantitative estimate of drug-likeness (QED) is 0.615. The molecule has 0 saturated heterocycles. The second-order valence-corrected chi connectivity index (χ2v) is 5.87. The average Bonchev–Trinajstić information content (AvgIpc) is 3.10. The first kappa shape index (κ1) is 17.3. The molecule has 7 heteroatoms. The number of ether oxygens (including phenoxy) is 1. The van der Waals surface area contributed by atoms with Crippen molar-refractivity contribution in [1.29, 1.82) is 0 Å². The van der Waals surface area contributed by atoms with Gasteiger partial charge in [0.1, 0.15) is 12.0 Å². The molecule has 1 heterocycles. The minimum Gasteiger partial charge on any atom is -0.478 e. The molecule has 3 rings (SSSR count). The number of carboxylic acids is 1. The number of hydrogen-bond donors (Lipinski definition) is 1. The molecule has 0 aliphatic carbocycles. The second-order valence-electron chi connectivity index (χ2n) is 5.16. The molecule has 5 nitrogen and oxygen atoms in total. The molecule has 0 bridgehead atoms. The molecule has 0 aliphatic rings. The average molecular weight is 378 g/mol. The Morgan fingerprint density at radius 3 is 2.64 bits per heavy atom. The lowest BCUT2D eigenvalue weighted by atomic mass is 10.1. The van der Waals surface area contributed by atoms with Crippen molar-refractivity contribution in [3.63, 3.8) is 0 Å². The Labute approximate surface area is 153 Å². The number of oxazole rings is 1. The highest BCUT2D eigenvalue weighted by Gasteiger charge is 2.24. The zero-order valence-electron chi connectivity index (χ0n) is 12.9. The molecule has 0 amide bonds. The van der Waals surface area contributed by atoms with Crippen LogP contribution in [0, 0.1) is 0 Å². The normalized spacial score (nSPS) is 11.9. The van der Waals surface area contributed by atoms with Gasteiger partial charge in [-0.3, -0.25) is 0 Å². The van der Waals surface area contributed by atoms with Gasteiger partial charge in [-0.2, -0.15) is 0 Å². The van der Waals surface area contributed by atoms with E-state index in [2.05, 4.69) is 4.98 Å². The van der Waals surface area contributed by atoms with E-state index >= 15 is 0 Å². The maximum atomic E-state index is 11.7. The van der Waals surface area contributed by atoms with Gasteiger partial charge in [0.15, 0.2) is 0 Å². The number of aliphatic carboxylic acids is 1. The third kappa shape index (κ3) is 3.95. The van der Waals surface area contributed by atoms with Gasteiger partial charge >= 0.3 is 5.97 Å². The minimum atomic E-state index is -1.18. The topological polar surface area (TPSA) is 72.6 Å². The number of benzene rings is 2. The summed E-state index contributed by atoms with van der Waals surface area (Å²) in [7, 11) is 0. The van der Waals surface area contributed by atoms with E-state index in [0.717, 1.165) is 0 Å². The Hall–Kier alpha value is -2.50. The maximum absolute atomic E-state index is 11.7. The summed E-state index contributed by atoms with van der Waals surface area (Å²) >= 11 is 11.8. The molecule has 1 aromatic heterocycles. The first-order valence-corrected chi connectivity index (χ1v) is 8.24. The molecule has 128 valence electrons. The van der Waals surface area contributed by atoms with Gasteiger partial charge in [-0.15, -0.1) is 11.6 Å². The van der Waals surface area contributed by atoms with Gasteiger partial charge in [-0.1, -0.05) is 41.9 Å². The van der Waals surface area contributed by atoms with E-state index in [0.29, 0.717) is 27.6 Å². The van der Waals surface area contributed by atoms with Crippen molar-refractivity contribution >= 4 is 29.2 Å². The van der Waals surface area contributed by atoms with E-state index < -0.39 is 12.1 Å². The van der Waals surface area contributed by atoms with Crippen molar-refractivity contribution in [2.24, 2.45) is 0 Å². The highest BCUT2D eigenvalue weighted by Crippen LogP contribution is 2.35. The molecule has 1 N–H and O–H groups in total. The Morgan fingerprint density at radius 1 is 1.24 bits per heavy atom. The summed E-state index contributed by atoms with van der Waals surface area (Å²) in [5.74, 6) is -0.364. The lowest BCUT2D eigenvalue weighted by Crippen LogP contribution is -2.18. The summed E-state index contributed by atoms with van der Waals surface area (Å²) in [5, 5.41) is 9.98. The van der Waals surface area contributed by atoms with Crippen molar-refractivity contribution in [3.8, 4) is 17.2 Å². The van der Waals surface area contributed by atoms with Gasteiger partial charge < -0.3 is 14.3 Å². The molecule has 3 aromatic rings. The number of carbonyl (C=O) groups is 1. The third-order valence-corrected chi connectivity index (χ3v) is 3.94. The Kier molecular flexibility index (Phi) is 5.26. The van der Waals surface area contributed by atoms with Crippen LogP contribution >= 0.6 is 23.2 Å². The lowest BCUT2D eigenvalue weighted by molar-refractivity contribution is -0.145. The number of carboxylic acid groups (broad SMARTS) is 1. The van der Waals surface area contributed by atoms with E-state index in [1.807, 2.05) is 0 Å². The van der Waals surface area contributed by atoms with Crippen LogP contribution in [-0.4, -0.2) is 16.1 Å². The first-order valence-electron chi connectivity index (χ1n) is 7.33. The van der Waals surface area contributed by atoms with Crippen LogP contribution < -0.4 is 4.74 Å². The highest BCUT2D eigenvalue weighted by molar-refractivity contribution is 6.30. The van der Waals surface area contributed by atoms with Crippen LogP contribution in [0.3, 0.4) is 0 Å². The smallest absolute Gasteiger partial charge is 0.349 e. The number of alkyl halides is 1. The van der Waals surface area contributed by atoms with Gasteiger partial charge in [0.2, 0.25) is 12.0 Å². The zero-order chi connectivity index (χ0) is 17.8. The van der Waals surface area contributed by atoms with Gasteiger partial charge in [0.05, 0.1) is 17.1 Å². The minimum absolute atomic E-state index is 0.196. The van der Waals surface area contributed by atoms with Crippen LogP contribution in [-0.2, 0) is 10.7 Å². The summed E-state index contributed by atoms with van der Waals surface area (Å²) in [6.07, 6.45) is 0.252. The van der Waals surface area contributed by atoms with E-state index in [9.17, 15) is 9.90 Å². The van der Waals surface area contributed by atoms with Crippen LogP contribution in [0.15, 0.2) is 59.2 Å². The number of aromatic nitrogens is 1. The van der Waals surface area contributed by atoms with Crippen LogP contribution in [0.1, 0.15) is 17.4 Å². The van der Waals surface area contributed by atoms with Crippen molar-refractivity contribution in [3.05, 3.63) is 71.1 Å². The molecular formula is C18H13Cl2NO4. The van der Waals surface area contributed by atoms with Crippen molar-refractivity contribution in [2.75, 3.05) is 0 Å². The number of halogens is 2. The maximum Gasteiger partial charge on any atom is 0.349 e. The molecule has 0 aliphatic heterocycles. The van der Waals surface area contributed by atoms with Crippen molar-refractivity contribution in [2.45, 2.75) is 12.0 Å². The molecule has 0 radical (unpaired) electrons. The Bertz CT molecular complexity index is 880. The Balaban J connectivity index is 2.00. The van der Waals surface area contributed by atoms with Gasteiger partial charge in [0, 0.05) is 10.6 Å². The van der Waals surface area contributed by atoms with Gasteiger partial charge in [0.25, 0.3) is 0 Å². The van der Waals surface area contributed by atoms with Crippen LogP contribution in [0.5, 0.6) is 5.75 Å². The number of hydrogen-bond acceptors (Lipinski definition) is 4. The standard InChI is InChI=1S/C18H13Cl2NO4/c19-9-13-10-24-17(21-13)14-8-12(20)6-7-15(14)25-16(18(22)23)11-4-2-1-3-5-11/h1-8,10,16H,9H2,(H,22,23). The summed E-state index contributed by atoms with van der Waals surface area (Å²) in [5.41, 5.74) is 1.52. The molecule has 2 aromatic carbocycles. The fourth-order valence-electron chi connectivity index (χ4n) is 2.28. The predicted molar refractivity (Wildman–Crippen MR) is 94.0 cm³/mol. The van der Waals surface area contributed by atoms with E-state index in [1.54, 1.807) is 48.5 Å². The Morgan fingerprint density at radius 2 is 2.00 bits per heavy atom. The molecule has 0 spiro atoms. The van der Waals surface area contributed by atoms with Crippen LogP contribution in [0.4, 0.5) is 0 Å². The number of nitrogens with zero attached hydrogens (tertiary/aromatic N) is 1. The first-order chi connectivity index (χ1) is 12.1. The SMILES string of the molecule is O=C(O)C(Oc1ccc(Cl)cc1-c1nc(CCl)co1)c1ccccc1. The molecule has 25 heavy (non-hydrogen) atoms. The van der Waals surface area contributed by atoms with E-state index in [1.165, 1.54) is 6.26 Å². The molecular weight excluding hydrogens is 365 g/mol. The highest BCUT2D eigenvalue weighted by atomic mass is 35.5. The summed E-state index contributed by atoms with van der Waals surface area (Å²) in [4.78, 5) is 15.9. The van der Waals surface area contributed by atoms with Crippen LogP contribution in [0.2, 0.25) is 5.02 Å². The van der Waals surface area contributed by atoms with Gasteiger partial charge in [-0.25, -0.2) is 9.78 Å². The molecule has 1 atom stereocenters. The lowest BCUT2D eigenvalue weighted by Gasteiger charge is -2.17. The molecule has 0 fully saturated rings. The van der Waals surface area contributed by atoms with Crippen molar-refractivity contribution < 1.29 is 19.1 Å².